The van der Waals surface area contributed by atoms with Crippen LogP contribution in [0.5, 0.6) is 0 Å². The average molecular weight is 335 g/mol. The lowest BCUT2D eigenvalue weighted by Crippen LogP contribution is -2.50. The van der Waals surface area contributed by atoms with Gasteiger partial charge < -0.3 is 9.42 Å². The minimum absolute atomic E-state index is 0.181. The molecule has 0 bridgehead atoms. The smallest absolute Gasteiger partial charge is 0.336 e. The normalized spacial score (nSPS) is 15.4. The maximum Gasteiger partial charge on any atom is 0.336 e. The van der Waals surface area contributed by atoms with Crippen LogP contribution >= 0.6 is 11.3 Å². The molecule has 2 aromatic rings. The van der Waals surface area contributed by atoms with Crippen molar-refractivity contribution >= 4 is 23.3 Å². The summed E-state index contributed by atoms with van der Waals surface area (Å²) in [6.45, 7) is 2.94. The topological polar surface area (TPSA) is 100 Å². The van der Waals surface area contributed by atoms with Crippen molar-refractivity contribution in [3.05, 3.63) is 34.1 Å². The third-order valence-electron chi connectivity index (χ3n) is 3.70. The molecule has 0 unspecified atom stereocenters. The number of urea groups is 1. The standard InChI is InChI=1S/C14H17N5O3S/c1-9-15-13(22-18-9)10-4-6-19(7-5-10)14(21)17-16-12(20)11-3-2-8-23-11/h2-3,8,10H,4-7H2,1H3,(H,16,20)(H,17,21). The van der Waals surface area contributed by atoms with Crippen LogP contribution in [-0.4, -0.2) is 40.1 Å². The third-order valence-corrected chi connectivity index (χ3v) is 4.57. The number of hydrazine groups is 1. The molecule has 0 radical (unpaired) electrons. The molecule has 0 spiro atoms. The van der Waals surface area contributed by atoms with E-state index in [1.165, 1.54) is 11.3 Å². The Kier molecular flexibility index (Phi) is 4.56. The first-order chi connectivity index (χ1) is 11.1. The Morgan fingerprint density at radius 3 is 2.74 bits per heavy atom. The first kappa shape index (κ1) is 15.5. The van der Waals surface area contributed by atoms with E-state index in [4.69, 9.17) is 4.52 Å². The van der Waals surface area contributed by atoms with Crippen molar-refractivity contribution < 1.29 is 14.1 Å². The van der Waals surface area contributed by atoms with Gasteiger partial charge in [-0.1, -0.05) is 11.2 Å². The summed E-state index contributed by atoms with van der Waals surface area (Å²) in [6, 6.07) is 3.17. The van der Waals surface area contributed by atoms with E-state index in [-0.39, 0.29) is 17.9 Å². The van der Waals surface area contributed by atoms with Crippen LogP contribution in [0, 0.1) is 6.92 Å². The molecule has 2 aromatic heterocycles. The molecule has 3 rings (SSSR count). The van der Waals surface area contributed by atoms with Crippen molar-refractivity contribution in [3.63, 3.8) is 0 Å². The van der Waals surface area contributed by atoms with Crippen LogP contribution in [0.4, 0.5) is 4.79 Å². The number of nitrogens with one attached hydrogen (secondary N) is 2. The lowest BCUT2D eigenvalue weighted by molar-refractivity contribution is 0.0931. The van der Waals surface area contributed by atoms with Crippen LogP contribution < -0.4 is 10.9 Å². The van der Waals surface area contributed by atoms with E-state index >= 15 is 0 Å². The molecule has 1 saturated heterocycles. The SMILES string of the molecule is Cc1noc(C2CCN(C(=O)NNC(=O)c3cccs3)CC2)n1. The largest absolute Gasteiger partial charge is 0.339 e. The molecule has 9 heteroatoms. The first-order valence-electron chi connectivity index (χ1n) is 7.32. The molecule has 1 fully saturated rings. The Morgan fingerprint density at radius 2 is 2.13 bits per heavy atom. The molecule has 1 aliphatic heterocycles. The highest BCUT2D eigenvalue weighted by molar-refractivity contribution is 7.12. The van der Waals surface area contributed by atoms with Crippen molar-refractivity contribution in [1.82, 2.24) is 25.9 Å². The number of hydrogen-bond acceptors (Lipinski definition) is 6. The van der Waals surface area contributed by atoms with Gasteiger partial charge in [-0.25, -0.2) is 10.2 Å². The highest BCUT2D eigenvalue weighted by atomic mass is 32.1. The number of carbonyl (C=O) groups is 2. The summed E-state index contributed by atoms with van der Waals surface area (Å²) in [7, 11) is 0. The number of carbonyl (C=O) groups excluding carboxylic acids is 2. The fourth-order valence-electron chi connectivity index (χ4n) is 2.47. The number of thiophene rings is 1. The molecule has 122 valence electrons. The zero-order valence-electron chi connectivity index (χ0n) is 12.6. The minimum Gasteiger partial charge on any atom is -0.339 e. The highest BCUT2D eigenvalue weighted by Gasteiger charge is 2.27. The van der Waals surface area contributed by atoms with Gasteiger partial charge in [0.2, 0.25) is 5.89 Å². The first-order valence-corrected chi connectivity index (χ1v) is 8.20. The number of rotatable bonds is 2. The summed E-state index contributed by atoms with van der Waals surface area (Å²) in [4.78, 5) is 30.3. The Labute approximate surface area is 136 Å². The Morgan fingerprint density at radius 1 is 1.35 bits per heavy atom. The highest BCUT2D eigenvalue weighted by Crippen LogP contribution is 2.26. The number of piperidine rings is 1. The molecule has 2 N–H and O–H groups in total. The Balaban J connectivity index is 1.46. The summed E-state index contributed by atoms with van der Waals surface area (Å²) in [6.07, 6.45) is 1.52. The number of aromatic nitrogens is 2. The van der Waals surface area contributed by atoms with Crippen LogP contribution in [0.2, 0.25) is 0 Å². The fourth-order valence-corrected chi connectivity index (χ4v) is 3.09. The molecule has 0 aromatic carbocycles. The van der Waals surface area contributed by atoms with Crippen molar-refractivity contribution in [2.45, 2.75) is 25.7 Å². The predicted molar refractivity (Wildman–Crippen MR) is 82.9 cm³/mol. The van der Waals surface area contributed by atoms with Crippen LogP contribution in [0.15, 0.2) is 22.0 Å². The van der Waals surface area contributed by atoms with Crippen molar-refractivity contribution in [2.24, 2.45) is 0 Å². The van der Waals surface area contributed by atoms with Gasteiger partial charge in [0, 0.05) is 19.0 Å². The summed E-state index contributed by atoms with van der Waals surface area (Å²) >= 11 is 1.32. The average Bonchev–Trinajstić information content (AvgIpc) is 3.24. The van der Waals surface area contributed by atoms with E-state index in [1.54, 1.807) is 29.3 Å². The van der Waals surface area contributed by atoms with Crippen molar-refractivity contribution in [2.75, 3.05) is 13.1 Å². The van der Waals surface area contributed by atoms with Crippen molar-refractivity contribution in [1.29, 1.82) is 0 Å². The van der Waals surface area contributed by atoms with E-state index in [9.17, 15) is 9.59 Å². The predicted octanol–water partition coefficient (Wildman–Crippen LogP) is 1.67. The van der Waals surface area contributed by atoms with E-state index < -0.39 is 0 Å². The van der Waals surface area contributed by atoms with Crippen LogP contribution in [0.25, 0.3) is 0 Å². The summed E-state index contributed by atoms with van der Waals surface area (Å²) < 4.78 is 5.18. The molecular weight excluding hydrogens is 318 g/mol. The lowest BCUT2D eigenvalue weighted by atomic mass is 9.97. The van der Waals surface area contributed by atoms with E-state index in [2.05, 4.69) is 21.0 Å². The number of nitrogens with zero attached hydrogens (tertiary/aromatic N) is 3. The van der Waals surface area contributed by atoms with Gasteiger partial charge in [0.05, 0.1) is 4.88 Å². The zero-order valence-corrected chi connectivity index (χ0v) is 13.4. The van der Waals surface area contributed by atoms with Gasteiger partial charge >= 0.3 is 6.03 Å². The minimum atomic E-state index is -0.315. The van der Waals surface area contributed by atoms with E-state index in [0.717, 1.165) is 12.8 Å². The zero-order chi connectivity index (χ0) is 16.2. The van der Waals surface area contributed by atoms with Crippen LogP contribution in [0.3, 0.4) is 0 Å². The van der Waals surface area contributed by atoms with Gasteiger partial charge in [-0.3, -0.25) is 10.2 Å². The maximum atomic E-state index is 12.1. The van der Waals surface area contributed by atoms with E-state index in [0.29, 0.717) is 29.7 Å². The van der Waals surface area contributed by atoms with Gasteiger partial charge in [-0.15, -0.1) is 11.3 Å². The molecule has 0 saturated carbocycles. The summed E-state index contributed by atoms with van der Waals surface area (Å²) in [5.74, 6) is 1.12. The van der Waals surface area contributed by atoms with Crippen LogP contribution in [-0.2, 0) is 0 Å². The lowest BCUT2D eigenvalue weighted by Gasteiger charge is -2.30. The van der Waals surface area contributed by atoms with Gasteiger partial charge in [0.25, 0.3) is 5.91 Å². The van der Waals surface area contributed by atoms with E-state index in [1.807, 2.05) is 0 Å². The quantitative estimate of drug-likeness (QED) is 0.813. The number of amides is 3. The second-order valence-corrected chi connectivity index (χ2v) is 6.25. The van der Waals surface area contributed by atoms with Gasteiger partial charge in [0.1, 0.15) is 0 Å². The monoisotopic (exact) mass is 335 g/mol. The second kappa shape index (κ2) is 6.78. The van der Waals surface area contributed by atoms with Gasteiger partial charge in [-0.2, -0.15) is 4.98 Å². The summed E-state index contributed by atoms with van der Waals surface area (Å²) in [5.41, 5.74) is 4.86. The van der Waals surface area contributed by atoms with Crippen molar-refractivity contribution in [3.8, 4) is 0 Å². The molecule has 23 heavy (non-hydrogen) atoms. The van der Waals surface area contributed by atoms with Gasteiger partial charge in [-0.05, 0) is 31.2 Å². The molecule has 0 aliphatic carbocycles. The number of hydrogen-bond donors (Lipinski definition) is 2. The third kappa shape index (κ3) is 3.67. The molecule has 8 nitrogen and oxygen atoms in total. The Bertz CT molecular complexity index is 676. The van der Waals surface area contributed by atoms with Crippen LogP contribution in [0.1, 0.15) is 40.1 Å². The second-order valence-electron chi connectivity index (χ2n) is 5.30. The number of aryl methyl sites for hydroxylation is 1. The molecule has 1 aliphatic rings. The molecule has 0 atom stereocenters. The molecular formula is C14H17N5O3S. The summed E-state index contributed by atoms with van der Waals surface area (Å²) in [5, 5.41) is 5.60. The Hall–Kier alpha value is -2.42. The molecule has 3 amide bonds. The number of likely N-dealkylation sites (tertiary alicyclic amines) is 1. The fraction of sp³-hybridized carbons (Fsp3) is 0.429. The maximum absolute atomic E-state index is 12.1. The van der Waals surface area contributed by atoms with Gasteiger partial charge in [0.15, 0.2) is 5.82 Å². The molecule has 3 heterocycles.